The van der Waals surface area contributed by atoms with Gasteiger partial charge in [0, 0.05) is 23.2 Å². The summed E-state index contributed by atoms with van der Waals surface area (Å²) in [5.41, 5.74) is 5.96. The summed E-state index contributed by atoms with van der Waals surface area (Å²) >= 11 is 0. The van der Waals surface area contributed by atoms with Crippen LogP contribution in [0.25, 0.3) is 11.5 Å². The number of hydrogen-bond donors (Lipinski definition) is 2. The summed E-state index contributed by atoms with van der Waals surface area (Å²) < 4.78 is 23.0. The Morgan fingerprint density at radius 3 is 2.60 bits per heavy atom. The zero-order valence-electron chi connectivity index (χ0n) is 14.4. The number of ether oxygens (including phenoxy) is 1. The number of halogens is 1. The van der Waals surface area contributed by atoms with E-state index in [0.29, 0.717) is 23.2 Å². The van der Waals surface area contributed by atoms with Crippen molar-refractivity contribution in [2.75, 3.05) is 13.2 Å². The molecule has 0 unspecified atom stereocenters. The molecule has 0 aliphatic heterocycles. The predicted molar refractivity (Wildman–Crippen MR) is 90.7 cm³/mol. The Bertz CT molecular complexity index is 748. The van der Waals surface area contributed by atoms with Gasteiger partial charge in [-0.3, -0.25) is 4.79 Å². The Labute approximate surface area is 145 Å². The van der Waals surface area contributed by atoms with Gasteiger partial charge in [-0.1, -0.05) is 5.16 Å². The lowest BCUT2D eigenvalue weighted by Crippen LogP contribution is -2.41. The van der Waals surface area contributed by atoms with Crippen LogP contribution in [0, 0.1) is 0 Å². The highest BCUT2D eigenvalue weighted by Gasteiger charge is 2.20. The highest BCUT2D eigenvalue weighted by molar-refractivity contribution is 5.91. The maximum atomic E-state index is 12.4. The Morgan fingerprint density at radius 1 is 1.36 bits per heavy atom. The molecular weight excluding hydrogens is 327 g/mol. The molecule has 0 saturated carbocycles. The highest BCUT2D eigenvalue weighted by atomic mass is 19.1. The molecule has 2 aromatic rings. The smallest absolute Gasteiger partial charge is 0.293 e. The maximum absolute atomic E-state index is 12.4. The number of hydrogen-bond acceptors (Lipinski definition) is 6. The first kappa shape index (κ1) is 18.6. The molecule has 0 aliphatic carbocycles. The number of benzene rings is 1. The molecule has 1 aromatic carbocycles. The van der Waals surface area contributed by atoms with Crippen LogP contribution in [-0.4, -0.2) is 34.7 Å². The van der Waals surface area contributed by atoms with Crippen molar-refractivity contribution in [1.82, 2.24) is 15.5 Å². The molecule has 1 aromatic heterocycles. The first-order valence-corrected chi connectivity index (χ1v) is 7.70. The van der Waals surface area contributed by atoms with Crippen LogP contribution in [0.15, 0.2) is 40.7 Å². The molecule has 7 nitrogen and oxygen atoms in total. The molecule has 0 aliphatic rings. The van der Waals surface area contributed by atoms with Gasteiger partial charge in [-0.15, -0.1) is 0 Å². The standard InChI is InChI=1S/C17H21FN4O3/c1-17(2,3)21-15(23)14-20-16(25-22-14)12-4-6-13(7-5-12)24-10-11(8-18)9-19/h4-8H,9-10,19H2,1-3H3,(H,21,23)/b11-8+. The van der Waals surface area contributed by atoms with Crippen molar-refractivity contribution in [2.24, 2.45) is 5.73 Å². The van der Waals surface area contributed by atoms with Crippen molar-refractivity contribution in [3.05, 3.63) is 42.0 Å². The van der Waals surface area contributed by atoms with Crippen molar-refractivity contribution in [1.29, 1.82) is 0 Å². The molecule has 25 heavy (non-hydrogen) atoms. The number of aromatic nitrogens is 2. The summed E-state index contributed by atoms with van der Waals surface area (Å²) in [5, 5.41) is 6.45. The van der Waals surface area contributed by atoms with Gasteiger partial charge in [-0.2, -0.15) is 4.98 Å². The normalized spacial score (nSPS) is 12.1. The molecule has 0 atom stereocenters. The average Bonchev–Trinajstić information content (AvgIpc) is 3.05. The van der Waals surface area contributed by atoms with E-state index >= 15 is 0 Å². The van der Waals surface area contributed by atoms with Crippen LogP contribution >= 0.6 is 0 Å². The fourth-order valence-electron chi connectivity index (χ4n) is 1.83. The SMILES string of the molecule is CC(C)(C)NC(=O)c1noc(-c2ccc(OC/C(=C/F)CN)cc2)n1. The molecule has 0 spiro atoms. The summed E-state index contributed by atoms with van der Waals surface area (Å²) in [6.45, 7) is 5.75. The largest absolute Gasteiger partial charge is 0.489 e. The van der Waals surface area contributed by atoms with Crippen LogP contribution in [0.4, 0.5) is 4.39 Å². The van der Waals surface area contributed by atoms with E-state index in [9.17, 15) is 9.18 Å². The summed E-state index contributed by atoms with van der Waals surface area (Å²) in [7, 11) is 0. The lowest BCUT2D eigenvalue weighted by atomic mass is 10.1. The lowest BCUT2D eigenvalue weighted by molar-refractivity contribution is 0.0906. The van der Waals surface area contributed by atoms with Crippen LogP contribution < -0.4 is 15.8 Å². The van der Waals surface area contributed by atoms with Gasteiger partial charge in [0.15, 0.2) is 0 Å². The third-order valence-corrected chi connectivity index (χ3v) is 3.06. The first-order valence-electron chi connectivity index (χ1n) is 7.70. The Balaban J connectivity index is 2.04. The molecule has 1 heterocycles. The molecule has 3 N–H and O–H groups in total. The second kappa shape index (κ2) is 7.89. The molecular formula is C17H21FN4O3. The summed E-state index contributed by atoms with van der Waals surface area (Å²) in [5.74, 6) is 0.319. The Morgan fingerprint density at radius 2 is 2.04 bits per heavy atom. The summed E-state index contributed by atoms with van der Waals surface area (Å²) in [6, 6.07) is 6.77. The van der Waals surface area contributed by atoms with E-state index in [1.165, 1.54) is 0 Å². The van der Waals surface area contributed by atoms with Crippen LogP contribution in [0.2, 0.25) is 0 Å². The minimum atomic E-state index is -0.408. The number of carbonyl (C=O) groups excluding carboxylic acids is 1. The van der Waals surface area contributed by atoms with Crippen molar-refractivity contribution < 1.29 is 18.4 Å². The third-order valence-electron chi connectivity index (χ3n) is 3.06. The van der Waals surface area contributed by atoms with Crippen molar-refractivity contribution in [2.45, 2.75) is 26.3 Å². The third kappa shape index (κ3) is 5.39. The highest BCUT2D eigenvalue weighted by Crippen LogP contribution is 2.21. The number of amides is 1. The van der Waals surface area contributed by atoms with Crippen molar-refractivity contribution in [3.63, 3.8) is 0 Å². The van der Waals surface area contributed by atoms with Crippen LogP contribution in [0.1, 0.15) is 31.4 Å². The second-order valence-electron chi connectivity index (χ2n) is 6.41. The number of nitrogens with two attached hydrogens (primary N) is 1. The number of nitrogens with zero attached hydrogens (tertiary/aromatic N) is 2. The Kier molecular flexibility index (Phi) is 5.87. The average molecular weight is 348 g/mol. The van der Waals surface area contributed by atoms with E-state index in [0.717, 1.165) is 0 Å². The van der Waals surface area contributed by atoms with Gasteiger partial charge in [-0.25, -0.2) is 4.39 Å². The second-order valence-corrected chi connectivity index (χ2v) is 6.41. The molecule has 0 saturated heterocycles. The van der Waals surface area contributed by atoms with Crippen molar-refractivity contribution in [3.8, 4) is 17.2 Å². The monoisotopic (exact) mass is 348 g/mol. The molecule has 1 amide bonds. The summed E-state index contributed by atoms with van der Waals surface area (Å²) in [4.78, 5) is 16.1. The minimum Gasteiger partial charge on any atom is -0.489 e. The van der Waals surface area contributed by atoms with E-state index in [2.05, 4.69) is 15.5 Å². The van der Waals surface area contributed by atoms with Gasteiger partial charge < -0.3 is 20.3 Å². The number of nitrogens with one attached hydrogen (secondary N) is 1. The minimum absolute atomic E-state index is 0.0362. The molecule has 0 fully saturated rings. The van der Waals surface area contributed by atoms with Gasteiger partial charge in [0.1, 0.15) is 12.4 Å². The molecule has 0 bridgehead atoms. The zero-order valence-corrected chi connectivity index (χ0v) is 14.4. The van der Waals surface area contributed by atoms with Crippen LogP contribution in [-0.2, 0) is 0 Å². The first-order chi connectivity index (χ1) is 11.8. The van der Waals surface area contributed by atoms with Gasteiger partial charge in [0.05, 0.1) is 6.33 Å². The molecule has 2 rings (SSSR count). The van der Waals surface area contributed by atoms with E-state index < -0.39 is 11.4 Å². The van der Waals surface area contributed by atoms with Gasteiger partial charge in [-0.05, 0) is 45.0 Å². The number of rotatable bonds is 6. The molecule has 8 heteroatoms. The number of carbonyl (C=O) groups is 1. The molecule has 134 valence electrons. The molecule has 0 radical (unpaired) electrons. The predicted octanol–water partition coefficient (Wildman–Crippen LogP) is 2.46. The van der Waals surface area contributed by atoms with Crippen LogP contribution in [0.3, 0.4) is 0 Å². The van der Waals surface area contributed by atoms with E-state index in [-0.39, 0.29) is 24.9 Å². The van der Waals surface area contributed by atoms with Gasteiger partial charge in [0.2, 0.25) is 0 Å². The van der Waals surface area contributed by atoms with Gasteiger partial charge >= 0.3 is 0 Å². The maximum Gasteiger partial charge on any atom is 0.293 e. The van der Waals surface area contributed by atoms with Gasteiger partial charge in [0.25, 0.3) is 17.6 Å². The zero-order chi connectivity index (χ0) is 18.4. The lowest BCUT2D eigenvalue weighted by Gasteiger charge is -2.18. The fraction of sp³-hybridized carbons (Fsp3) is 0.353. The van der Waals surface area contributed by atoms with Crippen molar-refractivity contribution >= 4 is 5.91 Å². The summed E-state index contributed by atoms with van der Waals surface area (Å²) in [6.07, 6.45) is 0.441. The van der Waals surface area contributed by atoms with Crippen LogP contribution in [0.5, 0.6) is 5.75 Å². The topological polar surface area (TPSA) is 103 Å². The van der Waals surface area contributed by atoms with E-state index in [1.807, 2.05) is 20.8 Å². The fourth-order valence-corrected chi connectivity index (χ4v) is 1.83. The Hall–Kier alpha value is -2.74. The van der Waals surface area contributed by atoms with E-state index in [4.69, 9.17) is 15.0 Å². The van der Waals surface area contributed by atoms with E-state index in [1.54, 1.807) is 24.3 Å². The quantitative estimate of drug-likeness (QED) is 0.831.